The van der Waals surface area contributed by atoms with Crippen LogP contribution in [0.3, 0.4) is 0 Å². The summed E-state index contributed by atoms with van der Waals surface area (Å²) in [4.78, 5) is 21.7. The number of aromatic nitrogens is 1. The van der Waals surface area contributed by atoms with Gasteiger partial charge in [-0.1, -0.05) is 17.7 Å². The van der Waals surface area contributed by atoms with Crippen molar-refractivity contribution in [1.82, 2.24) is 10.5 Å². The molecule has 0 aliphatic heterocycles. The van der Waals surface area contributed by atoms with Gasteiger partial charge in [0.1, 0.15) is 13.7 Å². The highest BCUT2D eigenvalue weighted by Gasteiger charge is 2.25. The molecular weight excluding hydrogens is 362 g/mol. The number of halogens is 3. The van der Waals surface area contributed by atoms with E-state index in [2.05, 4.69) is 15.8 Å². The largest absolute Gasteiger partial charge is 0.338 e. The molecule has 0 bridgehead atoms. The van der Waals surface area contributed by atoms with Gasteiger partial charge in [-0.25, -0.2) is 19.2 Å². The highest BCUT2D eigenvalue weighted by Crippen LogP contribution is 2.31. The SMILES string of the molecule is Bc1cc(C)cnc1Nc1c(C(=O)NOCC2CC2)cc(Cl)c(F)c1F. The monoisotopic (exact) mass is 379 g/mol. The average Bonchev–Trinajstić information content (AvgIpc) is 3.41. The van der Waals surface area contributed by atoms with E-state index in [-0.39, 0.29) is 11.3 Å². The van der Waals surface area contributed by atoms with E-state index in [1.807, 2.05) is 13.0 Å². The molecule has 0 saturated heterocycles. The molecule has 1 aromatic heterocycles. The second kappa shape index (κ2) is 7.59. The standard InChI is InChI=1S/C17H17BClF2N3O2/c1-8-4-11(18)16(22-6-8)23-15-10(5-12(19)13(20)14(15)21)17(25)24-26-7-9-2-3-9/h4-6,9H,2-3,7,18H2,1H3,(H,22,23)(H,24,25). The second-order valence-electron chi connectivity index (χ2n) is 6.40. The molecule has 0 radical (unpaired) electrons. The number of anilines is 2. The number of nitrogens with zero attached hydrogens (tertiary/aromatic N) is 1. The molecule has 1 fully saturated rings. The Bertz CT molecular complexity index is 862. The van der Waals surface area contributed by atoms with E-state index < -0.39 is 22.6 Å². The Morgan fingerprint density at radius 1 is 1.38 bits per heavy atom. The molecule has 2 N–H and O–H groups in total. The van der Waals surface area contributed by atoms with Crippen LogP contribution in [0.25, 0.3) is 0 Å². The number of carbonyl (C=O) groups excluding carboxylic acids is 1. The number of pyridine rings is 1. The van der Waals surface area contributed by atoms with Gasteiger partial charge in [-0.3, -0.25) is 9.63 Å². The first-order chi connectivity index (χ1) is 12.4. The smallest absolute Gasteiger partial charge is 0.277 e. The maximum atomic E-state index is 14.5. The van der Waals surface area contributed by atoms with Gasteiger partial charge >= 0.3 is 0 Å². The normalized spacial score (nSPS) is 13.5. The fourth-order valence-corrected chi connectivity index (χ4v) is 2.62. The van der Waals surface area contributed by atoms with Crippen LogP contribution in [-0.2, 0) is 4.84 Å². The molecule has 9 heteroatoms. The third-order valence-electron chi connectivity index (χ3n) is 4.05. The lowest BCUT2D eigenvalue weighted by Crippen LogP contribution is -2.26. The van der Waals surface area contributed by atoms with Crippen LogP contribution in [0.1, 0.15) is 28.8 Å². The number of amides is 1. The lowest BCUT2D eigenvalue weighted by molar-refractivity contribution is 0.0270. The van der Waals surface area contributed by atoms with E-state index in [0.29, 0.717) is 18.3 Å². The number of rotatable bonds is 6. The van der Waals surface area contributed by atoms with E-state index in [0.717, 1.165) is 29.9 Å². The van der Waals surface area contributed by atoms with E-state index >= 15 is 0 Å². The molecule has 1 aromatic carbocycles. The highest BCUT2D eigenvalue weighted by molar-refractivity contribution is 6.35. The molecule has 1 aliphatic carbocycles. The first-order valence-electron chi connectivity index (χ1n) is 8.16. The maximum Gasteiger partial charge on any atom is 0.277 e. The Morgan fingerprint density at radius 2 is 2.12 bits per heavy atom. The molecule has 0 spiro atoms. The summed E-state index contributed by atoms with van der Waals surface area (Å²) in [6.45, 7) is 2.24. The van der Waals surface area contributed by atoms with Crippen LogP contribution in [0.5, 0.6) is 0 Å². The molecule has 0 atom stereocenters. The van der Waals surface area contributed by atoms with Gasteiger partial charge in [-0.05, 0) is 42.8 Å². The van der Waals surface area contributed by atoms with Gasteiger partial charge < -0.3 is 5.32 Å². The number of nitrogens with one attached hydrogen (secondary N) is 2. The first kappa shape index (κ1) is 18.6. The van der Waals surface area contributed by atoms with E-state index in [1.165, 1.54) is 0 Å². The van der Waals surface area contributed by atoms with E-state index in [9.17, 15) is 13.6 Å². The van der Waals surface area contributed by atoms with Crippen molar-refractivity contribution in [3.05, 3.63) is 46.1 Å². The van der Waals surface area contributed by atoms with Gasteiger partial charge in [-0.2, -0.15) is 0 Å². The van der Waals surface area contributed by atoms with Gasteiger partial charge in [0.25, 0.3) is 5.91 Å². The summed E-state index contributed by atoms with van der Waals surface area (Å²) in [5, 5.41) is 2.20. The lowest BCUT2D eigenvalue weighted by atomic mass is 9.95. The minimum Gasteiger partial charge on any atom is -0.338 e. The molecule has 26 heavy (non-hydrogen) atoms. The molecule has 136 valence electrons. The van der Waals surface area contributed by atoms with Crippen molar-refractivity contribution >= 4 is 42.3 Å². The number of benzene rings is 1. The summed E-state index contributed by atoms with van der Waals surface area (Å²) in [6, 6.07) is 2.89. The number of aryl methyl sites for hydroxylation is 1. The van der Waals surface area contributed by atoms with E-state index in [4.69, 9.17) is 16.4 Å². The van der Waals surface area contributed by atoms with Crippen molar-refractivity contribution in [1.29, 1.82) is 0 Å². The van der Waals surface area contributed by atoms with Gasteiger partial charge in [0.15, 0.2) is 11.6 Å². The van der Waals surface area contributed by atoms with Crippen LogP contribution in [0, 0.1) is 24.5 Å². The first-order valence-corrected chi connectivity index (χ1v) is 8.54. The minimum absolute atomic E-state index is 0.175. The minimum atomic E-state index is -1.26. The summed E-state index contributed by atoms with van der Waals surface area (Å²) < 4.78 is 28.4. The van der Waals surface area contributed by atoms with Crippen LogP contribution < -0.4 is 16.3 Å². The van der Waals surface area contributed by atoms with Gasteiger partial charge in [0, 0.05) is 6.20 Å². The van der Waals surface area contributed by atoms with Crippen LogP contribution in [-0.4, -0.2) is 25.3 Å². The summed E-state index contributed by atoms with van der Waals surface area (Å²) >= 11 is 5.71. The predicted octanol–water partition coefficient (Wildman–Crippen LogP) is 2.40. The van der Waals surface area contributed by atoms with Crippen LogP contribution in [0.2, 0.25) is 5.02 Å². The van der Waals surface area contributed by atoms with Crippen molar-refractivity contribution < 1.29 is 18.4 Å². The Balaban J connectivity index is 1.90. The number of carbonyl (C=O) groups is 1. The predicted molar refractivity (Wildman–Crippen MR) is 97.9 cm³/mol. The summed E-state index contributed by atoms with van der Waals surface area (Å²) in [5.41, 5.74) is 3.36. The molecule has 0 unspecified atom stereocenters. The van der Waals surface area contributed by atoms with Crippen molar-refractivity contribution in [3.63, 3.8) is 0 Å². The van der Waals surface area contributed by atoms with Crippen LogP contribution in [0.4, 0.5) is 20.3 Å². The quantitative estimate of drug-likeness (QED) is 0.460. The fraction of sp³-hybridized carbons (Fsp3) is 0.294. The second-order valence-corrected chi connectivity index (χ2v) is 6.80. The molecular formula is C17H17BClF2N3O2. The summed E-state index contributed by atoms with van der Waals surface area (Å²) in [6.07, 6.45) is 3.69. The maximum absolute atomic E-state index is 14.5. The third-order valence-corrected chi connectivity index (χ3v) is 4.32. The van der Waals surface area contributed by atoms with Gasteiger partial charge in [0.05, 0.1) is 22.9 Å². The highest BCUT2D eigenvalue weighted by atomic mass is 35.5. The summed E-state index contributed by atoms with van der Waals surface area (Å²) in [7, 11) is 1.77. The molecule has 2 aromatic rings. The van der Waals surface area contributed by atoms with Crippen molar-refractivity contribution in [2.24, 2.45) is 5.92 Å². The van der Waals surface area contributed by atoms with Crippen molar-refractivity contribution in [2.75, 3.05) is 11.9 Å². The molecule has 1 heterocycles. The Labute approximate surface area is 155 Å². The zero-order valence-corrected chi connectivity index (χ0v) is 15.1. The van der Waals surface area contributed by atoms with Crippen LogP contribution >= 0.6 is 11.6 Å². The van der Waals surface area contributed by atoms with Crippen molar-refractivity contribution in [2.45, 2.75) is 19.8 Å². The average molecular weight is 380 g/mol. The number of hydrogen-bond acceptors (Lipinski definition) is 4. The number of hydrogen-bond donors (Lipinski definition) is 2. The number of hydroxylamine groups is 1. The lowest BCUT2D eigenvalue weighted by Gasteiger charge is -2.15. The zero-order chi connectivity index (χ0) is 18.8. The van der Waals surface area contributed by atoms with E-state index in [1.54, 1.807) is 14.0 Å². The molecule has 1 saturated carbocycles. The Hall–Kier alpha value is -2.19. The topological polar surface area (TPSA) is 63.2 Å². The zero-order valence-electron chi connectivity index (χ0n) is 14.3. The van der Waals surface area contributed by atoms with Gasteiger partial charge in [0.2, 0.25) is 0 Å². The Morgan fingerprint density at radius 3 is 2.77 bits per heavy atom. The molecule has 5 nitrogen and oxygen atoms in total. The van der Waals surface area contributed by atoms with Gasteiger partial charge in [-0.15, -0.1) is 0 Å². The van der Waals surface area contributed by atoms with Crippen molar-refractivity contribution in [3.8, 4) is 0 Å². The Kier molecular flexibility index (Phi) is 5.43. The summed E-state index contributed by atoms with van der Waals surface area (Å²) in [5.74, 6) is -2.48. The van der Waals surface area contributed by atoms with Crippen LogP contribution in [0.15, 0.2) is 18.3 Å². The molecule has 1 amide bonds. The molecule has 1 aliphatic rings. The third kappa shape index (κ3) is 4.13. The molecule has 3 rings (SSSR count). The fourth-order valence-electron chi connectivity index (χ4n) is 2.43.